The van der Waals surface area contributed by atoms with Crippen molar-refractivity contribution in [3.8, 4) is 0 Å². The quantitative estimate of drug-likeness (QED) is 0.106. The maximum absolute atomic E-state index is 13.2. The summed E-state index contributed by atoms with van der Waals surface area (Å²) in [5, 5.41) is 22.8. The molecule has 0 heterocycles. The number of carbonyl (C=O) groups is 7. The molecule has 0 bridgehead atoms. The first kappa shape index (κ1) is 84.5. The third-order valence-corrected chi connectivity index (χ3v) is 36.3. The van der Waals surface area contributed by atoms with Crippen molar-refractivity contribution in [3.05, 3.63) is 34.9 Å². The van der Waals surface area contributed by atoms with Crippen molar-refractivity contribution in [2.75, 3.05) is 41.0 Å². The van der Waals surface area contributed by atoms with Gasteiger partial charge in [0.05, 0.1) is 0 Å². The molecule has 2 amide bonds. The average molecular weight is 1510 g/mol. The Bertz CT molecular complexity index is 3710. The van der Waals surface area contributed by atoms with E-state index in [0.717, 1.165) is 79.9 Å². The number of amides is 2. The van der Waals surface area contributed by atoms with Crippen molar-refractivity contribution in [1.29, 1.82) is 0 Å². The molecular formula is C90H140F3N3O12. The van der Waals surface area contributed by atoms with Crippen LogP contribution in [0.1, 0.15) is 293 Å². The van der Waals surface area contributed by atoms with E-state index in [2.05, 4.69) is 114 Å². The molecule has 3 N–H and O–H groups in total. The molecule has 608 valence electrons. The number of halogens is 3. The van der Waals surface area contributed by atoms with Gasteiger partial charge in [-0.15, -0.1) is 0 Å². The number of nitrogens with one attached hydrogen (secondary N) is 1. The van der Waals surface area contributed by atoms with E-state index in [1.54, 1.807) is 0 Å². The van der Waals surface area contributed by atoms with E-state index in [-0.39, 0.29) is 112 Å². The number of ether oxygens (including phenoxy) is 3. The van der Waals surface area contributed by atoms with Gasteiger partial charge in [0.2, 0.25) is 6.29 Å². The van der Waals surface area contributed by atoms with Gasteiger partial charge in [-0.05, 0) is 303 Å². The van der Waals surface area contributed by atoms with Gasteiger partial charge in [-0.3, -0.25) is 24.0 Å². The number of allylic oxidation sites excluding steroid dienone is 3. The molecule has 15 aliphatic rings. The summed E-state index contributed by atoms with van der Waals surface area (Å²) in [5.74, 6) is 3.46. The van der Waals surface area contributed by atoms with E-state index in [1.807, 2.05) is 65.4 Å². The van der Waals surface area contributed by atoms with Gasteiger partial charge < -0.3 is 39.5 Å². The Labute approximate surface area is 646 Å². The molecule has 0 radical (unpaired) electrons. The van der Waals surface area contributed by atoms with Crippen molar-refractivity contribution < 1.29 is 71.2 Å². The number of hydrogen-bond donors (Lipinski definition) is 3. The van der Waals surface area contributed by atoms with Gasteiger partial charge >= 0.3 is 24.3 Å². The van der Waals surface area contributed by atoms with E-state index in [0.29, 0.717) is 67.6 Å². The Hall–Kier alpha value is -4.42. The van der Waals surface area contributed by atoms with Gasteiger partial charge in [0.1, 0.15) is 24.4 Å². The summed E-state index contributed by atoms with van der Waals surface area (Å²) >= 11 is 0. The molecule has 15 aliphatic carbocycles. The first-order valence-corrected chi connectivity index (χ1v) is 41.4. The van der Waals surface area contributed by atoms with Crippen LogP contribution in [-0.2, 0) is 38.2 Å². The average Bonchev–Trinajstić information content (AvgIpc) is 1.48. The Balaban J connectivity index is 0.000000156. The van der Waals surface area contributed by atoms with Gasteiger partial charge in [-0.25, -0.2) is 9.59 Å². The number of Topliss-reactive ketones (excluding diaryl/α,β-unsaturated/α-hetero) is 3. The van der Waals surface area contributed by atoms with Crippen LogP contribution in [0.15, 0.2) is 34.9 Å². The summed E-state index contributed by atoms with van der Waals surface area (Å²) in [4.78, 5) is 88.2. The molecule has 12 fully saturated rings. The second-order valence-electron chi connectivity index (χ2n) is 42.9. The lowest BCUT2D eigenvalue weighted by Gasteiger charge is -2.63. The number of aliphatic hydroxyl groups is 2. The summed E-state index contributed by atoms with van der Waals surface area (Å²) in [5.41, 5.74) is 4.69. The Morgan fingerprint density at radius 3 is 1.05 bits per heavy atom. The minimum atomic E-state index is -4.64. The summed E-state index contributed by atoms with van der Waals surface area (Å²) < 4.78 is 47.9. The molecule has 0 aromatic carbocycles. The lowest BCUT2D eigenvalue weighted by Crippen LogP contribution is -2.60. The van der Waals surface area contributed by atoms with Gasteiger partial charge in [0.25, 0.3) is 0 Å². The normalized spacial score (nSPS) is 44.1. The summed E-state index contributed by atoms with van der Waals surface area (Å²) in [6, 6.07) is 1.00. The molecule has 0 aliphatic heterocycles. The lowest BCUT2D eigenvalue weighted by atomic mass is 9.42. The molecule has 12 saturated carbocycles. The van der Waals surface area contributed by atoms with Crippen molar-refractivity contribution in [2.45, 2.75) is 329 Å². The number of alkyl halides is 3. The van der Waals surface area contributed by atoms with Gasteiger partial charge in [0.15, 0.2) is 24.0 Å². The monoisotopic (exact) mass is 1510 g/mol. The van der Waals surface area contributed by atoms with Gasteiger partial charge in [-0.1, -0.05) is 109 Å². The Kier molecular flexibility index (Phi) is 21.0. The summed E-state index contributed by atoms with van der Waals surface area (Å²) in [6.07, 6.45) is 28.9. The highest BCUT2D eigenvalue weighted by Crippen LogP contribution is 2.92. The fourth-order valence-electron chi connectivity index (χ4n) is 31.1. The fourth-order valence-corrected chi connectivity index (χ4v) is 31.1. The standard InChI is InChI=1S/C32H49NO5.C30H47NO4.C25H39NO2.C2HF3O.CH4/c1-20(34)37-18-22(35)21-12-14-30(8)24-11-10-23-28(5,6)25(33(9)26(36)38-27(2,3)4)13-15-31(23)19-32(24,31)17-16-29(21,30)7;1-25(2,3)35-24(34)31(8)23-12-14-29-18-30(29)16-15-27(6)19(20(33)17-32)11-13-28(27,7)22(30)10-9-21(29)26(23,4)5;1-21(2)18-6-7-19-23(4)10-8-16(17(28)14-27)22(23,3)12-13-25(19)15-24(18,25)11-9-20(21)26-5;3-2(4,5)1-6;/h12,23-25H,10-11,13-19H2,1-9H3;11,21-23,32H,9-10,12-18H2,1-8H3;8,18-20,26-27H,6-7,9-15H2,1-5H3;1H;1H4/t23-,24-,25-,29+,30-,31+,32-;21-,22-,23-,27+,28-,29+,30-;18-,19-,20-,22+,23-,24+,25-;;/m000../s1. The number of rotatable bonds is 10. The molecule has 15 nitrogen and oxygen atoms in total. The summed E-state index contributed by atoms with van der Waals surface area (Å²) in [7, 11) is 6.01. The van der Waals surface area contributed by atoms with Crippen molar-refractivity contribution >= 4 is 41.8 Å². The molecule has 6 spiro atoms. The second-order valence-corrected chi connectivity index (χ2v) is 42.9. The number of fused-ring (bicyclic) bond motifs is 6. The van der Waals surface area contributed by atoms with Crippen LogP contribution >= 0.6 is 0 Å². The zero-order valence-electron chi connectivity index (χ0n) is 69.6. The number of esters is 1. The topological polar surface area (TPSA) is 206 Å². The van der Waals surface area contributed by atoms with E-state index in [1.165, 1.54) is 110 Å². The molecular weight excluding hydrogens is 1370 g/mol. The fraction of sp³-hybridized carbons (Fsp3) is 0.856. The predicted octanol–water partition coefficient (Wildman–Crippen LogP) is 18.7. The van der Waals surface area contributed by atoms with Crippen LogP contribution in [0.4, 0.5) is 22.8 Å². The predicted molar refractivity (Wildman–Crippen MR) is 414 cm³/mol. The van der Waals surface area contributed by atoms with Crippen LogP contribution in [0.3, 0.4) is 0 Å². The lowest BCUT2D eigenvalue weighted by molar-refractivity contribution is -0.156. The van der Waals surface area contributed by atoms with E-state index in [9.17, 15) is 52.2 Å². The maximum Gasteiger partial charge on any atom is 0.446 e. The van der Waals surface area contributed by atoms with E-state index in [4.69, 9.17) is 19.0 Å². The number of aldehydes is 1. The van der Waals surface area contributed by atoms with Gasteiger partial charge in [0, 0.05) is 72.1 Å². The molecule has 18 heteroatoms. The molecule has 0 aromatic heterocycles. The third kappa shape index (κ3) is 11.9. The zero-order chi connectivity index (χ0) is 79.3. The number of carbonyl (C=O) groups excluding carboxylic acids is 7. The van der Waals surface area contributed by atoms with Crippen LogP contribution < -0.4 is 5.32 Å². The highest BCUT2D eigenvalue weighted by Gasteiger charge is 2.85. The molecule has 0 saturated heterocycles. The number of aliphatic hydroxyl groups excluding tert-OH is 2. The van der Waals surface area contributed by atoms with Crippen LogP contribution in [0, 0.1) is 117 Å². The number of hydrogen-bond acceptors (Lipinski definition) is 13. The van der Waals surface area contributed by atoms with E-state index >= 15 is 0 Å². The zero-order valence-corrected chi connectivity index (χ0v) is 69.6. The van der Waals surface area contributed by atoms with Crippen molar-refractivity contribution in [3.63, 3.8) is 0 Å². The maximum atomic E-state index is 13.2. The van der Waals surface area contributed by atoms with Crippen LogP contribution in [0.5, 0.6) is 0 Å². The highest BCUT2D eigenvalue weighted by molar-refractivity contribution is 6.00. The molecule has 108 heavy (non-hydrogen) atoms. The van der Waals surface area contributed by atoms with Crippen LogP contribution in [-0.4, -0.2) is 138 Å². The number of nitrogens with zero attached hydrogens (tertiary/aromatic N) is 2. The van der Waals surface area contributed by atoms with E-state index < -0.39 is 29.6 Å². The molecule has 0 aromatic rings. The minimum absolute atomic E-state index is 0. The highest BCUT2D eigenvalue weighted by atomic mass is 19.4. The smallest absolute Gasteiger partial charge is 0.446 e. The van der Waals surface area contributed by atoms with Gasteiger partial charge in [-0.2, -0.15) is 13.2 Å². The minimum Gasteiger partial charge on any atom is -0.457 e. The first-order valence-electron chi connectivity index (χ1n) is 41.4. The second kappa shape index (κ2) is 26.8. The molecule has 21 atom stereocenters. The first-order chi connectivity index (χ1) is 49.2. The van der Waals surface area contributed by atoms with Crippen molar-refractivity contribution in [2.24, 2.45) is 117 Å². The third-order valence-electron chi connectivity index (χ3n) is 36.3. The van der Waals surface area contributed by atoms with Crippen LogP contribution in [0.2, 0.25) is 0 Å². The molecule has 15 rings (SSSR count). The number of ketones is 3. The largest absolute Gasteiger partial charge is 0.457 e. The molecule has 0 unspecified atom stereocenters. The van der Waals surface area contributed by atoms with Crippen molar-refractivity contribution in [1.82, 2.24) is 15.1 Å². The Morgan fingerprint density at radius 1 is 0.472 bits per heavy atom. The summed E-state index contributed by atoms with van der Waals surface area (Å²) in [6.45, 7) is 41.1. The Morgan fingerprint density at radius 2 is 0.759 bits per heavy atom. The van der Waals surface area contributed by atoms with Crippen LogP contribution in [0.25, 0.3) is 0 Å². The SMILES string of the molecule is C.CC(=O)OCC(=O)C1=CC[C@@]2(C)[C@@H]3CC[C@H]4C(C)(C)[C@@H](N(C)C(=O)OC(C)(C)C)CC[C@@]45C[C@@]35CC[C@]12C.CN(C(=O)OC(C)(C)C)[C@H]1CC[C@]23C[C@]24CC[C@]2(C)C(C(=O)CO)=CC[C@@]2(C)[C@@H]4CC[C@H]3C1(C)C.CN[C@H]1CC[C@]23C[C@]24CC[C@]2(C)C(C(=O)CO)=CC[C@@]2(C)[C@@H]4CC[C@H]3C1(C)C.O=CC(F)(F)F.